The van der Waals surface area contributed by atoms with Crippen molar-refractivity contribution in [3.8, 4) is 16.9 Å². The third-order valence-corrected chi connectivity index (χ3v) is 13.1. The molecule has 1 aliphatic rings. The fourth-order valence-electron chi connectivity index (χ4n) is 5.54. The molecule has 12 heteroatoms. The molecule has 0 N–H and O–H groups in total. The van der Waals surface area contributed by atoms with Crippen molar-refractivity contribution >= 4 is 32.4 Å². The van der Waals surface area contributed by atoms with E-state index in [0.717, 1.165) is 5.56 Å². The minimum atomic E-state index is -5.75. The number of benzene rings is 4. The lowest BCUT2D eigenvalue weighted by molar-refractivity contribution is -0.160. The van der Waals surface area contributed by atoms with Crippen LogP contribution < -0.4 is 4.74 Å². The van der Waals surface area contributed by atoms with Gasteiger partial charge >= 0.3 is 27.3 Å². The Hall–Kier alpha value is -4.52. The summed E-state index contributed by atoms with van der Waals surface area (Å²) >= 11 is 0. The number of hydrogen-bond donors (Lipinski definition) is 0. The zero-order valence-corrected chi connectivity index (χ0v) is 29.3. The molecule has 258 valence electrons. The first-order valence-corrected chi connectivity index (χ1v) is 18.2. The summed E-state index contributed by atoms with van der Waals surface area (Å²) in [7, 11) is -9.12. The molecular formula is C37H36F2O8S2. The van der Waals surface area contributed by atoms with Crippen LogP contribution in [0.15, 0.2) is 118 Å². The second-order valence-electron chi connectivity index (χ2n) is 12.1. The molecule has 0 atom stereocenters. The minimum absolute atomic E-state index is 0.170. The molecular weight excluding hydrogens is 675 g/mol. The van der Waals surface area contributed by atoms with Crippen molar-refractivity contribution in [2.75, 3.05) is 13.2 Å². The first-order chi connectivity index (χ1) is 23.0. The van der Waals surface area contributed by atoms with Crippen molar-refractivity contribution in [2.24, 2.45) is 0 Å². The molecule has 0 amide bonds. The average Bonchev–Trinajstić information content (AvgIpc) is 3.33. The Labute approximate surface area is 286 Å². The Morgan fingerprint density at radius 3 is 1.88 bits per heavy atom. The highest BCUT2D eigenvalue weighted by molar-refractivity contribution is 8.33. The summed E-state index contributed by atoms with van der Waals surface area (Å²) in [5.74, 6) is -1.43. The summed E-state index contributed by atoms with van der Waals surface area (Å²) in [5, 5.41) is -4.61. The van der Waals surface area contributed by atoms with Crippen LogP contribution in [0, 0.1) is 13.8 Å². The number of rotatable bonds is 12. The van der Waals surface area contributed by atoms with Crippen LogP contribution in [0.25, 0.3) is 11.1 Å². The van der Waals surface area contributed by atoms with Crippen LogP contribution in [0.1, 0.15) is 37.5 Å². The second kappa shape index (κ2) is 13.4. The quantitative estimate of drug-likeness (QED) is 0.107. The predicted octanol–water partition coefficient (Wildman–Crippen LogP) is 8.40. The first-order valence-electron chi connectivity index (χ1n) is 15.2. The van der Waals surface area contributed by atoms with Crippen LogP contribution in [0.5, 0.6) is 5.75 Å². The standard InChI is InChI=1S/C37H36F2O8S2/c1-24(2)35(41)45-23-37(38,39)49(42,43)47-48(31-18-12-10-16-29(31)30-17-11-13-19-32(30)48)28-20-25(3)34(26(4)21-28)44-22-33(40)46-36(5,6)27-14-8-7-9-15-27/h7-21H,1,22-23H2,2-6H3. The molecule has 0 saturated heterocycles. The van der Waals surface area contributed by atoms with Crippen molar-refractivity contribution in [1.82, 2.24) is 0 Å². The van der Waals surface area contributed by atoms with Gasteiger partial charge in [0.25, 0.3) is 0 Å². The number of esters is 2. The van der Waals surface area contributed by atoms with Crippen LogP contribution in [-0.4, -0.2) is 38.8 Å². The highest BCUT2D eigenvalue weighted by Crippen LogP contribution is 2.77. The van der Waals surface area contributed by atoms with E-state index < -0.39 is 56.4 Å². The molecule has 49 heavy (non-hydrogen) atoms. The van der Waals surface area contributed by atoms with Crippen LogP contribution in [-0.2, 0) is 38.4 Å². The van der Waals surface area contributed by atoms with Crippen molar-refractivity contribution in [2.45, 2.75) is 60.2 Å². The van der Waals surface area contributed by atoms with Crippen LogP contribution in [0.2, 0.25) is 0 Å². The molecule has 0 bridgehead atoms. The molecule has 1 aliphatic heterocycles. The maximum atomic E-state index is 15.5. The molecule has 0 aromatic heterocycles. The normalized spacial score (nSPS) is 14.3. The van der Waals surface area contributed by atoms with Gasteiger partial charge in [-0.3, -0.25) is 0 Å². The Kier molecular flexibility index (Phi) is 9.79. The number of carbonyl (C=O) groups is 2. The average molecular weight is 711 g/mol. The molecule has 8 nitrogen and oxygen atoms in total. The summed E-state index contributed by atoms with van der Waals surface area (Å²) in [5.41, 5.74) is 1.97. The Bertz CT molecular complexity index is 1970. The number of fused-ring (bicyclic) bond motifs is 3. The highest BCUT2D eigenvalue weighted by Gasteiger charge is 2.54. The van der Waals surface area contributed by atoms with E-state index in [0.29, 0.717) is 42.7 Å². The van der Waals surface area contributed by atoms with Gasteiger partial charge in [-0.1, -0.05) is 73.3 Å². The summed E-state index contributed by atoms with van der Waals surface area (Å²) < 4.78 is 80.1. The number of halogens is 2. The molecule has 0 unspecified atom stereocenters. The smallest absolute Gasteiger partial charge is 0.403 e. The lowest BCUT2D eigenvalue weighted by atomic mass is 9.98. The zero-order chi connectivity index (χ0) is 35.8. The lowest BCUT2D eigenvalue weighted by Gasteiger charge is -2.38. The summed E-state index contributed by atoms with van der Waals surface area (Å²) in [6.07, 6.45) is 0. The van der Waals surface area contributed by atoms with Crippen molar-refractivity contribution in [1.29, 1.82) is 0 Å². The van der Waals surface area contributed by atoms with Gasteiger partial charge in [0.2, 0.25) is 0 Å². The van der Waals surface area contributed by atoms with Gasteiger partial charge in [0.15, 0.2) is 13.2 Å². The molecule has 4 aromatic rings. The van der Waals surface area contributed by atoms with Crippen LogP contribution in [0.3, 0.4) is 0 Å². The van der Waals surface area contributed by atoms with E-state index in [1.807, 2.05) is 30.3 Å². The van der Waals surface area contributed by atoms with Gasteiger partial charge in [0.05, 0.1) is 0 Å². The largest absolute Gasteiger partial charge is 0.481 e. The number of aryl methyl sites for hydroxylation is 2. The van der Waals surface area contributed by atoms with Crippen LogP contribution in [0.4, 0.5) is 8.78 Å². The molecule has 4 aromatic carbocycles. The maximum Gasteiger partial charge on any atom is 0.403 e. The zero-order valence-electron chi connectivity index (χ0n) is 27.6. The fourth-order valence-corrected chi connectivity index (χ4v) is 11.1. The van der Waals surface area contributed by atoms with Crippen LogP contribution >= 0.6 is 10.3 Å². The Morgan fingerprint density at radius 2 is 1.35 bits per heavy atom. The van der Waals surface area contributed by atoms with Gasteiger partial charge < -0.3 is 14.2 Å². The third-order valence-electron chi connectivity index (χ3n) is 7.90. The molecule has 1 heterocycles. The van der Waals surface area contributed by atoms with Gasteiger partial charge in [-0.25, -0.2) is 13.2 Å². The van der Waals surface area contributed by atoms with E-state index in [9.17, 15) is 18.0 Å². The van der Waals surface area contributed by atoms with E-state index in [4.69, 9.17) is 13.1 Å². The number of hydrogen-bond acceptors (Lipinski definition) is 8. The van der Waals surface area contributed by atoms with E-state index >= 15 is 8.78 Å². The van der Waals surface area contributed by atoms with Crippen molar-refractivity contribution < 1.29 is 44.6 Å². The van der Waals surface area contributed by atoms with E-state index in [1.54, 1.807) is 88.4 Å². The molecule has 5 rings (SSSR count). The fraction of sp³-hybridized carbons (Fsp3) is 0.243. The van der Waals surface area contributed by atoms with Gasteiger partial charge in [-0.15, -0.1) is 0 Å². The molecule has 0 saturated carbocycles. The highest BCUT2D eigenvalue weighted by atomic mass is 32.3. The topological polar surface area (TPSA) is 105 Å². The molecule has 0 aliphatic carbocycles. The minimum Gasteiger partial charge on any atom is -0.481 e. The predicted molar refractivity (Wildman–Crippen MR) is 182 cm³/mol. The van der Waals surface area contributed by atoms with Gasteiger partial charge in [-0.05, 0) is 97.0 Å². The summed E-state index contributed by atoms with van der Waals surface area (Å²) in [6.45, 7) is 9.36. The summed E-state index contributed by atoms with van der Waals surface area (Å²) in [4.78, 5) is 25.9. The van der Waals surface area contributed by atoms with E-state index in [1.165, 1.54) is 6.92 Å². The number of ether oxygens (including phenoxy) is 3. The lowest BCUT2D eigenvalue weighted by Crippen LogP contribution is -2.37. The van der Waals surface area contributed by atoms with Gasteiger partial charge in [0, 0.05) is 20.3 Å². The maximum absolute atomic E-state index is 15.5. The first kappa shape index (κ1) is 35.8. The third kappa shape index (κ3) is 6.85. The number of alkyl halides is 2. The molecule has 0 fully saturated rings. The second-order valence-corrected chi connectivity index (χ2v) is 16.6. The van der Waals surface area contributed by atoms with Gasteiger partial charge in [-0.2, -0.15) is 17.2 Å². The Balaban J connectivity index is 1.54. The summed E-state index contributed by atoms with van der Waals surface area (Å²) in [6, 6.07) is 26.2. The molecule has 0 spiro atoms. The Morgan fingerprint density at radius 1 is 0.837 bits per heavy atom. The molecule has 0 radical (unpaired) electrons. The number of carbonyl (C=O) groups excluding carboxylic acids is 2. The van der Waals surface area contributed by atoms with Crippen molar-refractivity contribution in [3.05, 3.63) is 120 Å². The van der Waals surface area contributed by atoms with E-state index in [2.05, 4.69) is 11.3 Å². The monoisotopic (exact) mass is 710 g/mol. The van der Waals surface area contributed by atoms with Gasteiger partial charge in [0.1, 0.15) is 11.4 Å². The van der Waals surface area contributed by atoms with E-state index in [-0.39, 0.29) is 5.57 Å². The van der Waals surface area contributed by atoms with Crippen molar-refractivity contribution in [3.63, 3.8) is 0 Å². The SMILES string of the molecule is C=C(C)C(=O)OCC(F)(F)S(=O)(=O)OS1(c2cc(C)c(OCC(=O)OC(C)(C)c3ccccc3)c(C)c2)c2ccccc2-c2ccccc21.